The zero-order chi connectivity index (χ0) is 8.39. The summed E-state index contributed by atoms with van der Waals surface area (Å²) in [6, 6.07) is 6.13. The van der Waals surface area contributed by atoms with Crippen LogP contribution in [0.15, 0.2) is 24.3 Å². The molecular weight excluding hydrogens is 157 g/mol. The van der Waals surface area contributed by atoms with Crippen LogP contribution in [0, 0.1) is 12.1 Å². The Balaban J connectivity index is 2.48. The highest BCUT2D eigenvalue weighted by Gasteiger charge is 2.00. The first-order chi connectivity index (χ1) is 5.86. The molecule has 0 saturated heterocycles. The lowest BCUT2D eigenvalue weighted by Crippen LogP contribution is -1.81. The zero-order valence-corrected chi connectivity index (χ0v) is 6.08. The lowest BCUT2D eigenvalue weighted by atomic mass is 10.2. The number of benzene rings is 1. The largest absolute Gasteiger partial charge is 0.318 e. The Kier molecular flexibility index (Phi) is 1.59. The number of aromatic amines is 1. The maximum absolute atomic E-state index is 12.7. The van der Waals surface area contributed by atoms with E-state index in [-0.39, 0.29) is 5.82 Å². The van der Waals surface area contributed by atoms with E-state index in [1.165, 1.54) is 12.1 Å². The van der Waals surface area contributed by atoms with Crippen LogP contribution in [0.5, 0.6) is 0 Å². The van der Waals surface area contributed by atoms with Crippen LogP contribution in [0.2, 0.25) is 0 Å². The number of H-pyrrole nitrogens is 1. The maximum atomic E-state index is 12.7. The Labute approximate surface area is 68.3 Å². The molecule has 0 spiro atoms. The Morgan fingerprint density at radius 1 is 1.42 bits per heavy atom. The molecule has 0 fully saturated rings. The number of aromatic nitrogens is 3. The van der Waals surface area contributed by atoms with Crippen LogP contribution in [0.25, 0.3) is 11.4 Å². The van der Waals surface area contributed by atoms with Crippen LogP contribution in [-0.2, 0) is 0 Å². The second-order valence-electron chi connectivity index (χ2n) is 2.30. The second-order valence-corrected chi connectivity index (χ2v) is 2.30. The van der Waals surface area contributed by atoms with Crippen LogP contribution in [0.3, 0.4) is 0 Å². The van der Waals surface area contributed by atoms with E-state index in [0.717, 1.165) is 0 Å². The van der Waals surface area contributed by atoms with Crippen molar-refractivity contribution in [3.8, 4) is 11.4 Å². The van der Waals surface area contributed by atoms with Gasteiger partial charge in [-0.25, -0.2) is 4.39 Å². The van der Waals surface area contributed by atoms with E-state index in [1.54, 1.807) is 12.1 Å². The fourth-order valence-corrected chi connectivity index (χ4v) is 0.944. The number of nitrogens with one attached hydrogen (secondary N) is 1. The summed E-state index contributed by atoms with van der Waals surface area (Å²) in [6.07, 6.45) is 2.44. The Hall–Kier alpha value is -1.71. The number of hydrogen-bond acceptors (Lipinski definition) is 2. The average molecular weight is 162 g/mol. The van der Waals surface area contributed by atoms with Crippen molar-refractivity contribution >= 4 is 0 Å². The van der Waals surface area contributed by atoms with E-state index in [1.807, 2.05) is 0 Å². The van der Waals surface area contributed by atoms with E-state index >= 15 is 0 Å². The SMILES string of the molecule is Fc1cccc(-c2nn[c][nH]2)c1. The lowest BCUT2D eigenvalue weighted by molar-refractivity contribution is 0.628. The molecule has 0 aliphatic carbocycles. The van der Waals surface area contributed by atoms with Crippen LogP contribution >= 0.6 is 0 Å². The van der Waals surface area contributed by atoms with Crippen LogP contribution in [0.4, 0.5) is 4.39 Å². The normalized spacial score (nSPS) is 10.1. The van der Waals surface area contributed by atoms with E-state index in [9.17, 15) is 4.39 Å². The molecule has 1 N–H and O–H groups in total. The van der Waals surface area contributed by atoms with Crippen LogP contribution in [0.1, 0.15) is 0 Å². The summed E-state index contributed by atoms with van der Waals surface area (Å²) in [4.78, 5) is 2.67. The smallest absolute Gasteiger partial charge is 0.199 e. The van der Waals surface area contributed by atoms with Gasteiger partial charge in [0.05, 0.1) is 0 Å². The molecule has 1 radical (unpaired) electrons. The molecule has 0 aliphatic heterocycles. The summed E-state index contributed by atoms with van der Waals surface area (Å²) < 4.78 is 12.7. The molecule has 12 heavy (non-hydrogen) atoms. The molecule has 2 aromatic rings. The second kappa shape index (κ2) is 2.73. The molecule has 0 saturated carbocycles. The summed E-state index contributed by atoms with van der Waals surface area (Å²) in [6.45, 7) is 0. The van der Waals surface area contributed by atoms with Gasteiger partial charge in [0.25, 0.3) is 0 Å². The first-order valence-corrected chi connectivity index (χ1v) is 3.41. The van der Waals surface area contributed by atoms with Gasteiger partial charge in [-0.15, -0.1) is 10.2 Å². The van der Waals surface area contributed by atoms with Gasteiger partial charge in [0.2, 0.25) is 0 Å². The highest BCUT2D eigenvalue weighted by molar-refractivity contribution is 5.53. The van der Waals surface area contributed by atoms with Gasteiger partial charge >= 0.3 is 0 Å². The fraction of sp³-hybridized carbons (Fsp3) is 0. The third-order valence-corrected chi connectivity index (χ3v) is 1.47. The lowest BCUT2D eigenvalue weighted by Gasteiger charge is -1.93. The molecule has 0 unspecified atom stereocenters. The van der Waals surface area contributed by atoms with Gasteiger partial charge in [0.1, 0.15) is 5.82 Å². The van der Waals surface area contributed by atoms with Crippen molar-refractivity contribution in [1.29, 1.82) is 0 Å². The number of nitrogens with zero attached hydrogens (tertiary/aromatic N) is 2. The minimum Gasteiger partial charge on any atom is -0.318 e. The molecule has 2 rings (SSSR count). The minimum atomic E-state index is -0.288. The molecular formula is C8H5FN3. The van der Waals surface area contributed by atoms with Crippen LogP contribution < -0.4 is 0 Å². The van der Waals surface area contributed by atoms with E-state index in [0.29, 0.717) is 11.4 Å². The van der Waals surface area contributed by atoms with E-state index < -0.39 is 0 Å². The van der Waals surface area contributed by atoms with Crippen molar-refractivity contribution < 1.29 is 4.39 Å². The van der Waals surface area contributed by atoms with Gasteiger partial charge in [-0.3, -0.25) is 0 Å². The number of rotatable bonds is 1. The highest BCUT2D eigenvalue weighted by atomic mass is 19.1. The Bertz CT molecular complexity index is 370. The topological polar surface area (TPSA) is 41.6 Å². The van der Waals surface area contributed by atoms with Gasteiger partial charge < -0.3 is 4.98 Å². The third kappa shape index (κ3) is 1.18. The quantitative estimate of drug-likeness (QED) is 0.688. The monoisotopic (exact) mass is 162 g/mol. The minimum absolute atomic E-state index is 0.288. The van der Waals surface area contributed by atoms with Crippen LogP contribution in [-0.4, -0.2) is 15.2 Å². The van der Waals surface area contributed by atoms with Crippen molar-refractivity contribution in [2.24, 2.45) is 0 Å². The average Bonchev–Trinajstić information content (AvgIpc) is 2.56. The molecule has 0 amide bonds. The molecule has 1 heterocycles. The maximum Gasteiger partial charge on any atom is 0.199 e. The van der Waals surface area contributed by atoms with Gasteiger partial charge in [0, 0.05) is 5.56 Å². The molecule has 0 aliphatic rings. The van der Waals surface area contributed by atoms with Gasteiger partial charge in [-0.1, -0.05) is 12.1 Å². The van der Waals surface area contributed by atoms with Crippen molar-refractivity contribution in [2.45, 2.75) is 0 Å². The van der Waals surface area contributed by atoms with Crippen molar-refractivity contribution in [1.82, 2.24) is 15.2 Å². The Morgan fingerprint density at radius 2 is 2.33 bits per heavy atom. The van der Waals surface area contributed by atoms with Crippen molar-refractivity contribution in [2.75, 3.05) is 0 Å². The zero-order valence-electron chi connectivity index (χ0n) is 6.08. The number of halogens is 1. The van der Waals surface area contributed by atoms with Crippen molar-refractivity contribution in [3.63, 3.8) is 0 Å². The third-order valence-electron chi connectivity index (χ3n) is 1.47. The van der Waals surface area contributed by atoms with Gasteiger partial charge in [-0.2, -0.15) is 0 Å². The molecule has 59 valence electrons. The van der Waals surface area contributed by atoms with Gasteiger partial charge in [-0.05, 0) is 12.1 Å². The molecule has 1 aromatic heterocycles. The predicted octanol–water partition coefficient (Wildman–Crippen LogP) is 1.41. The Morgan fingerprint density at radius 3 is 3.00 bits per heavy atom. The molecule has 1 aromatic carbocycles. The summed E-state index contributed by atoms with van der Waals surface area (Å²) in [5.74, 6) is 0.235. The molecule has 0 bridgehead atoms. The molecule has 0 atom stereocenters. The standard InChI is InChI=1S/C8H5FN3/c9-7-3-1-2-6(4-7)8-10-5-11-12-8/h1-4H,(H,10,11,12). The first-order valence-electron chi connectivity index (χ1n) is 3.41. The molecule has 3 nitrogen and oxygen atoms in total. The number of hydrogen-bond donors (Lipinski definition) is 1. The fourth-order valence-electron chi connectivity index (χ4n) is 0.944. The summed E-state index contributed by atoms with van der Waals surface area (Å²) in [5, 5.41) is 7.18. The van der Waals surface area contributed by atoms with E-state index in [2.05, 4.69) is 21.5 Å². The van der Waals surface area contributed by atoms with E-state index in [4.69, 9.17) is 0 Å². The summed E-state index contributed by atoms with van der Waals surface area (Å²) in [7, 11) is 0. The molecule has 4 heteroatoms. The highest BCUT2D eigenvalue weighted by Crippen LogP contribution is 2.13. The summed E-state index contributed by atoms with van der Waals surface area (Å²) in [5.41, 5.74) is 0.670. The summed E-state index contributed by atoms with van der Waals surface area (Å²) >= 11 is 0. The van der Waals surface area contributed by atoms with Crippen molar-refractivity contribution in [3.05, 3.63) is 36.4 Å². The first kappa shape index (κ1) is 6.97. The van der Waals surface area contributed by atoms with Gasteiger partial charge in [0.15, 0.2) is 12.2 Å². The predicted molar refractivity (Wildman–Crippen MR) is 40.6 cm³/mol.